The second-order valence-electron chi connectivity index (χ2n) is 3.55. The molecule has 98 valence electrons. The van der Waals surface area contributed by atoms with Gasteiger partial charge >= 0.3 is 0 Å². The number of hydrogen-bond acceptors (Lipinski definition) is 5. The van der Waals surface area contributed by atoms with Crippen molar-refractivity contribution in [3.05, 3.63) is 50.0 Å². The van der Waals surface area contributed by atoms with Crippen molar-refractivity contribution in [1.82, 2.24) is 9.97 Å². The van der Waals surface area contributed by atoms with E-state index in [9.17, 15) is 9.90 Å². The lowest BCUT2D eigenvalue weighted by Gasteiger charge is -2.00. The van der Waals surface area contributed by atoms with E-state index in [-0.39, 0.29) is 16.2 Å². The third kappa shape index (κ3) is 3.43. The van der Waals surface area contributed by atoms with Crippen LogP contribution in [0.3, 0.4) is 0 Å². The molecule has 6 nitrogen and oxygen atoms in total. The average Bonchev–Trinajstić information content (AvgIpc) is 2.34. The molecular weight excluding hydrogens is 288 g/mol. The molecule has 0 aliphatic heterocycles. The molecule has 0 fully saturated rings. The molecule has 1 heterocycles. The first kappa shape index (κ1) is 13.3. The van der Waals surface area contributed by atoms with Crippen LogP contribution in [0.5, 0.6) is 5.88 Å². The summed E-state index contributed by atoms with van der Waals surface area (Å²) >= 11 is 10.4. The molecular formula is C11H9ClN4O2S. The molecule has 4 N–H and O–H groups in total. The van der Waals surface area contributed by atoms with Crippen LogP contribution in [0.15, 0.2) is 34.2 Å². The summed E-state index contributed by atoms with van der Waals surface area (Å²) < 4.78 is 0.0466. The van der Waals surface area contributed by atoms with E-state index >= 15 is 0 Å². The van der Waals surface area contributed by atoms with Gasteiger partial charge in [0.1, 0.15) is 5.56 Å². The monoisotopic (exact) mass is 296 g/mol. The molecule has 2 aromatic rings. The summed E-state index contributed by atoms with van der Waals surface area (Å²) in [5.74, 6) is -0.338. The Bertz CT molecular complexity index is 721. The van der Waals surface area contributed by atoms with Gasteiger partial charge in [-0.3, -0.25) is 15.2 Å². The SMILES string of the molecule is O=c1[nH]c(=S)[nH]c(O)c1C=NNc1ccc(Cl)cc1. The summed E-state index contributed by atoms with van der Waals surface area (Å²) in [5.41, 5.74) is 2.85. The molecule has 1 aromatic heterocycles. The maximum atomic E-state index is 11.5. The molecule has 0 aliphatic rings. The molecule has 0 aliphatic carbocycles. The summed E-state index contributed by atoms with van der Waals surface area (Å²) in [7, 11) is 0. The Labute approximate surface area is 117 Å². The third-order valence-corrected chi connectivity index (χ3v) is 2.65. The van der Waals surface area contributed by atoms with Gasteiger partial charge in [-0.2, -0.15) is 5.10 Å². The van der Waals surface area contributed by atoms with Gasteiger partial charge in [-0.25, -0.2) is 0 Å². The van der Waals surface area contributed by atoms with E-state index in [0.717, 1.165) is 0 Å². The topological polar surface area (TPSA) is 93.3 Å². The van der Waals surface area contributed by atoms with Gasteiger partial charge in [0, 0.05) is 5.02 Å². The molecule has 0 radical (unpaired) electrons. The van der Waals surface area contributed by atoms with Crippen molar-refractivity contribution >= 4 is 35.7 Å². The lowest BCUT2D eigenvalue weighted by molar-refractivity contribution is 0.449. The highest BCUT2D eigenvalue weighted by Crippen LogP contribution is 2.13. The van der Waals surface area contributed by atoms with Crippen molar-refractivity contribution in [2.75, 3.05) is 5.43 Å². The molecule has 8 heteroatoms. The number of aromatic nitrogens is 2. The number of anilines is 1. The van der Waals surface area contributed by atoms with Crippen LogP contribution in [0.25, 0.3) is 0 Å². The van der Waals surface area contributed by atoms with Gasteiger partial charge in [-0.15, -0.1) is 0 Å². The quantitative estimate of drug-likeness (QED) is 0.397. The zero-order valence-electron chi connectivity index (χ0n) is 9.48. The molecule has 0 atom stereocenters. The lowest BCUT2D eigenvalue weighted by Crippen LogP contribution is -2.14. The molecule has 0 unspecified atom stereocenters. The highest BCUT2D eigenvalue weighted by atomic mass is 35.5. The summed E-state index contributed by atoms with van der Waals surface area (Å²) in [6.45, 7) is 0. The van der Waals surface area contributed by atoms with Crippen LogP contribution in [0, 0.1) is 4.77 Å². The first-order valence-electron chi connectivity index (χ1n) is 5.16. The highest BCUT2D eigenvalue weighted by Gasteiger charge is 2.03. The Kier molecular flexibility index (Phi) is 3.98. The number of rotatable bonds is 3. The number of nitrogens with zero attached hydrogens (tertiary/aromatic N) is 1. The first-order chi connectivity index (χ1) is 9.06. The van der Waals surface area contributed by atoms with Gasteiger partial charge in [0.2, 0.25) is 5.88 Å². The maximum absolute atomic E-state index is 11.5. The average molecular weight is 297 g/mol. The van der Waals surface area contributed by atoms with Gasteiger partial charge < -0.3 is 10.1 Å². The Hall–Kier alpha value is -2.12. The van der Waals surface area contributed by atoms with Crippen molar-refractivity contribution < 1.29 is 5.11 Å². The Balaban J connectivity index is 2.18. The zero-order chi connectivity index (χ0) is 13.8. The molecule has 0 saturated heterocycles. The molecule has 0 amide bonds. The number of halogens is 1. The van der Waals surface area contributed by atoms with Gasteiger partial charge in [-0.05, 0) is 36.5 Å². The van der Waals surface area contributed by atoms with Crippen molar-refractivity contribution in [3.63, 3.8) is 0 Å². The van der Waals surface area contributed by atoms with Crippen LogP contribution >= 0.6 is 23.8 Å². The third-order valence-electron chi connectivity index (χ3n) is 2.19. The number of H-pyrrole nitrogens is 2. The van der Waals surface area contributed by atoms with Crippen LogP contribution in [0.2, 0.25) is 5.02 Å². The summed E-state index contributed by atoms with van der Waals surface area (Å²) in [6.07, 6.45) is 1.19. The minimum Gasteiger partial charge on any atom is -0.494 e. The van der Waals surface area contributed by atoms with Gasteiger partial charge in [-0.1, -0.05) is 11.6 Å². The van der Waals surface area contributed by atoms with Gasteiger partial charge in [0.25, 0.3) is 5.56 Å². The van der Waals surface area contributed by atoms with Crippen molar-refractivity contribution in [2.24, 2.45) is 5.10 Å². The Morgan fingerprint density at radius 1 is 1.32 bits per heavy atom. The van der Waals surface area contributed by atoms with E-state index in [0.29, 0.717) is 10.7 Å². The van der Waals surface area contributed by atoms with Crippen LogP contribution in [0.1, 0.15) is 5.56 Å². The van der Waals surface area contributed by atoms with E-state index in [4.69, 9.17) is 23.8 Å². The molecule has 0 spiro atoms. The summed E-state index contributed by atoms with van der Waals surface area (Å²) in [5, 5.41) is 14.0. The summed E-state index contributed by atoms with van der Waals surface area (Å²) in [6, 6.07) is 6.84. The minimum absolute atomic E-state index is 0.0185. The second kappa shape index (κ2) is 5.68. The predicted octanol–water partition coefficient (Wildman–Crippen LogP) is 2.24. The first-order valence-corrected chi connectivity index (χ1v) is 5.95. The molecule has 2 rings (SSSR count). The number of aromatic hydroxyl groups is 1. The number of hydrogen-bond donors (Lipinski definition) is 4. The normalized spacial score (nSPS) is 10.8. The van der Waals surface area contributed by atoms with Crippen LogP contribution in [-0.2, 0) is 0 Å². The molecule has 0 saturated carbocycles. The number of aromatic amines is 2. The number of benzene rings is 1. The second-order valence-corrected chi connectivity index (χ2v) is 4.39. The largest absolute Gasteiger partial charge is 0.494 e. The fraction of sp³-hybridized carbons (Fsp3) is 0. The van der Waals surface area contributed by atoms with E-state index in [1.807, 2.05) is 0 Å². The van der Waals surface area contributed by atoms with E-state index in [2.05, 4.69) is 20.5 Å². The van der Waals surface area contributed by atoms with Gasteiger partial charge in [0.15, 0.2) is 4.77 Å². The van der Waals surface area contributed by atoms with Crippen molar-refractivity contribution in [2.45, 2.75) is 0 Å². The van der Waals surface area contributed by atoms with E-state index in [1.54, 1.807) is 24.3 Å². The van der Waals surface area contributed by atoms with Gasteiger partial charge in [0.05, 0.1) is 11.9 Å². The van der Waals surface area contributed by atoms with Crippen LogP contribution in [0.4, 0.5) is 5.69 Å². The van der Waals surface area contributed by atoms with E-state index < -0.39 is 5.56 Å². The predicted molar refractivity (Wildman–Crippen MR) is 76.6 cm³/mol. The highest BCUT2D eigenvalue weighted by molar-refractivity contribution is 7.71. The van der Waals surface area contributed by atoms with Crippen molar-refractivity contribution in [3.8, 4) is 5.88 Å². The molecule has 0 bridgehead atoms. The number of nitrogens with one attached hydrogen (secondary N) is 3. The van der Waals surface area contributed by atoms with Crippen LogP contribution in [-0.4, -0.2) is 21.3 Å². The lowest BCUT2D eigenvalue weighted by atomic mass is 10.3. The number of hydrazone groups is 1. The van der Waals surface area contributed by atoms with E-state index in [1.165, 1.54) is 6.21 Å². The fourth-order valence-corrected chi connectivity index (χ4v) is 1.62. The maximum Gasteiger partial charge on any atom is 0.264 e. The smallest absolute Gasteiger partial charge is 0.264 e. The Morgan fingerprint density at radius 2 is 2.00 bits per heavy atom. The molecule has 1 aromatic carbocycles. The summed E-state index contributed by atoms with van der Waals surface area (Å²) in [4.78, 5) is 16.3. The molecule has 19 heavy (non-hydrogen) atoms. The van der Waals surface area contributed by atoms with Crippen LogP contribution < -0.4 is 11.0 Å². The standard InChI is InChI=1S/C11H9ClN4O2S/c12-6-1-3-7(4-2-6)16-13-5-8-9(17)14-11(19)15-10(8)18/h1-5,16H,(H3,14,15,17,18,19). The zero-order valence-corrected chi connectivity index (χ0v) is 11.0. The van der Waals surface area contributed by atoms with Crippen molar-refractivity contribution in [1.29, 1.82) is 0 Å². The minimum atomic E-state index is -0.525. The Morgan fingerprint density at radius 3 is 2.63 bits per heavy atom. The fourth-order valence-electron chi connectivity index (χ4n) is 1.30.